The number of carbonyl (C=O) groups excluding carboxylic acids is 2. The number of nitro benzene ring substituents is 1. The summed E-state index contributed by atoms with van der Waals surface area (Å²) in [7, 11) is 1.59. The summed E-state index contributed by atoms with van der Waals surface area (Å²) in [6.45, 7) is 1.60. The summed E-state index contributed by atoms with van der Waals surface area (Å²) in [6, 6.07) is 13.2. The lowest BCUT2D eigenvalue weighted by Gasteiger charge is -2.24. The highest BCUT2D eigenvalue weighted by molar-refractivity contribution is 6.07. The lowest BCUT2D eigenvalue weighted by Crippen LogP contribution is -2.40. The maximum absolute atomic E-state index is 13.5. The third kappa shape index (κ3) is 3.48. The van der Waals surface area contributed by atoms with E-state index in [0.29, 0.717) is 22.4 Å². The van der Waals surface area contributed by atoms with Crippen molar-refractivity contribution in [3.63, 3.8) is 0 Å². The van der Waals surface area contributed by atoms with Crippen LogP contribution >= 0.6 is 0 Å². The minimum atomic E-state index is -1.30. The third-order valence-electron chi connectivity index (χ3n) is 6.21. The van der Waals surface area contributed by atoms with Crippen LogP contribution in [0.1, 0.15) is 23.6 Å². The standard InChI is InChI=1S/C24H21N3O7/c1-24(18-5-3-15-10-20(32-2)6-4-14(15)7-18)22(28)26(23(29)25-24)11-16-8-19(27(30)31)9-17-12-33-13-34-21(16)17/h3-10H,11-13H2,1-2H3,(H,25,29). The Labute approximate surface area is 194 Å². The smallest absolute Gasteiger partial charge is 0.325 e. The minimum absolute atomic E-state index is 0.0163. The van der Waals surface area contributed by atoms with Crippen LogP contribution in [0.25, 0.3) is 10.8 Å². The summed E-state index contributed by atoms with van der Waals surface area (Å²) < 4.78 is 16.0. The summed E-state index contributed by atoms with van der Waals surface area (Å²) in [5.74, 6) is 0.652. The number of methoxy groups -OCH3 is 1. The van der Waals surface area contributed by atoms with Gasteiger partial charge >= 0.3 is 6.03 Å². The van der Waals surface area contributed by atoms with E-state index in [-0.39, 0.29) is 25.6 Å². The number of hydrogen-bond acceptors (Lipinski definition) is 7. The molecular formula is C24H21N3O7. The molecule has 1 saturated heterocycles. The molecule has 34 heavy (non-hydrogen) atoms. The SMILES string of the molecule is COc1ccc2cc(C3(C)NC(=O)N(Cc4cc([N+](=O)[O-])cc5c4OCOC5)C3=O)ccc2c1. The Morgan fingerprint density at radius 2 is 1.91 bits per heavy atom. The molecule has 174 valence electrons. The predicted octanol–water partition coefficient (Wildman–Crippen LogP) is 3.59. The molecular weight excluding hydrogens is 442 g/mol. The van der Waals surface area contributed by atoms with E-state index in [4.69, 9.17) is 14.2 Å². The molecule has 10 nitrogen and oxygen atoms in total. The number of nitro groups is 1. The molecule has 1 fully saturated rings. The van der Waals surface area contributed by atoms with Gasteiger partial charge in [0.05, 0.1) is 25.2 Å². The fourth-order valence-corrected chi connectivity index (χ4v) is 4.37. The summed E-state index contributed by atoms with van der Waals surface area (Å²) in [5, 5.41) is 16.0. The average molecular weight is 463 g/mol. The van der Waals surface area contributed by atoms with E-state index >= 15 is 0 Å². The molecule has 0 bridgehead atoms. The molecule has 10 heteroatoms. The highest BCUT2D eigenvalue weighted by atomic mass is 16.7. The number of nitrogens with zero attached hydrogens (tertiary/aromatic N) is 2. The second kappa shape index (κ2) is 7.99. The number of non-ortho nitro benzene ring substituents is 1. The number of fused-ring (bicyclic) bond motifs is 2. The number of rotatable bonds is 5. The first-order valence-corrected chi connectivity index (χ1v) is 10.5. The summed E-state index contributed by atoms with van der Waals surface area (Å²) in [6.07, 6.45) is 0. The number of benzene rings is 3. The molecule has 0 aliphatic carbocycles. The molecule has 3 aromatic carbocycles. The van der Waals surface area contributed by atoms with Gasteiger partial charge in [0.2, 0.25) is 0 Å². The Morgan fingerprint density at radius 3 is 2.68 bits per heavy atom. The van der Waals surface area contributed by atoms with Crippen LogP contribution in [-0.2, 0) is 28.2 Å². The molecule has 2 heterocycles. The maximum Gasteiger partial charge on any atom is 0.325 e. The van der Waals surface area contributed by atoms with Gasteiger partial charge in [0.1, 0.15) is 17.0 Å². The number of imide groups is 1. The highest BCUT2D eigenvalue weighted by Gasteiger charge is 2.49. The van der Waals surface area contributed by atoms with E-state index in [1.54, 1.807) is 20.1 Å². The van der Waals surface area contributed by atoms with Gasteiger partial charge in [0.25, 0.3) is 11.6 Å². The maximum atomic E-state index is 13.5. The Kier molecular flexibility index (Phi) is 5.09. The molecule has 0 radical (unpaired) electrons. The number of nitrogens with one attached hydrogen (secondary N) is 1. The van der Waals surface area contributed by atoms with Crippen LogP contribution in [0.15, 0.2) is 48.5 Å². The molecule has 3 aromatic rings. The number of hydrogen-bond donors (Lipinski definition) is 1. The normalized spacial score (nSPS) is 19.5. The minimum Gasteiger partial charge on any atom is -0.497 e. The van der Waals surface area contributed by atoms with Gasteiger partial charge in [-0.25, -0.2) is 4.79 Å². The van der Waals surface area contributed by atoms with E-state index in [2.05, 4.69) is 5.32 Å². The molecule has 0 aromatic heterocycles. The average Bonchev–Trinajstić information content (AvgIpc) is 3.06. The van der Waals surface area contributed by atoms with Crippen LogP contribution in [0.5, 0.6) is 11.5 Å². The second-order valence-electron chi connectivity index (χ2n) is 8.34. The van der Waals surface area contributed by atoms with Crippen LogP contribution in [-0.4, -0.2) is 35.7 Å². The van der Waals surface area contributed by atoms with Crippen LogP contribution in [0.2, 0.25) is 0 Å². The highest BCUT2D eigenvalue weighted by Crippen LogP contribution is 2.37. The first kappa shape index (κ1) is 21.7. The van der Waals surface area contributed by atoms with Crippen molar-refractivity contribution in [2.45, 2.75) is 25.6 Å². The van der Waals surface area contributed by atoms with Gasteiger partial charge in [-0.3, -0.25) is 19.8 Å². The quantitative estimate of drug-likeness (QED) is 0.349. The Morgan fingerprint density at radius 1 is 1.15 bits per heavy atom. The van der Waals surface area contributed by atoms with Gasteiger partial charge in [-0.05, 0) is 41.5 Å². The Hall–Kier alpha value is -4.18. The van der Waals surface area contributed by atoms with E-state index < -0.39 is 22.4 Å². The molecule has 1 atom stereocenters. The van der Waals surface area contributed by atoms with E-state index in [0.717, 1.165) is 21.4 Å². The topological polar surface area (TPSA) is 120 Å². The fourth-order valence-electron chi connectivity index (χ4n) is 4.37. The van der Waals surface area contributed by atoms with Gasteiger partial charge in [-0.15, -0.1) is 0 Å². The van der Waals surface area contributed by atoms with E-state index in [9.17, 15) is 19.7 Å². The molecule has 0 spiro atoms. The van der Waals surface area contributed by atoms with Crippen molar-refractivity contribution in [1.29, 1.82) is 0 Å². The van der Waals surface area contributed by atoms with Gasteiger partial charge in [-0.2, -0.15) is 0 Å². The van der Waals surface area contributed by atoms with Crippen molar-refractivity contribution in [3.8, 4) is 11.5 Å². The molecule has 0 saturated carbocycles. The van der Waals surface area contributed by atoms with E-state index in [1.165, 1.54) is 12.1 Å². The van der Waals surface area contributed by atoms with Crippen molar-refractivity contribution < 1.29 is 28.7 Å². The monoisotopic (exact) mass is 463 g/mol. The molecule has 5 rings (SSSR count). The zero-order valence-electron chi connectivity index (χ0n) is 18.5. The zero-order valence-corrected chi connectivity index (χ0v) is 18.5. The first-order chi connectivity index (χ1) is 16.3. The fraction of sp³-hybridized carbons (Fsp3) is 0.250. The second-order valence-corrected chi connectivity index (χ2v) is 8.34. The molecule has 2 aliphatic rings. The van der Waals surface area contributed by atoms with Gasteiger partial charge in [0, 0.05) is 23.3 Å². The van der Waals surface area contributed by atoms with Gasteiger partial charge in [-0.1, -0.05) is 18.2 Å². The van der Waals surface area contributed by atoms with Crippen molar-refractivity contribution >= 4 is 28.4 Å². The number of ether oxygens (including phenoxy) is 3. The Balaban J connectivity index is 1.49. The van der Waals surface area contributed by atoms with Crippen molar-refractivity contribution in [1.82, 2.24) is 10.2 Å². The lowest BCUT2D eigenvalue weighted by molar-refractivity contribution is -0.385. The number of urea groups is 1. The van der Waals surface area contributed by atoms with Crippen LogP contribution < -0.4 is 14.8 Å². The van der Waals surface area contributed by atoms with Gasteiger partial charge < -0.3 is 19.5 Å². The predicted molar refractivity (Wildman–Crippen MR) is 120 cm³/mol. The number of amides is 3. The summed E-state index contributed by atoms with van der Waals surface area (Å²) >= 11 is 0. The van der Waals surface area contributed by atoms with Crippen molar-refractivity contribution in [2.75, 3.05) is 13.9 Å². The first-order valence-electron chi connectivity index (χ1n) is 10.5. The van der Waals surface area contributed by atoms with Crippen LogP contribution in [0, 0.1) is 10.1 Å². The lowest BCUT2D eigenvalue weighted by atomic mass is 9.90. The summed E-state index contributed by atoms with van der Waals surface area (Å²) in [4.78, 5) is 38.3. The number of carbonyl (C=O) groups is 2. The van der Waals surface area contributed by atoms with Crippen molar-refractivity contribution in [2.24, 2.45) is 0 Å². The third-order valence-corrected chi connectivity index (χ3v) is 6.21. The van der Waals surface area contributed by atoms with Crippen LogP contribution in [0.4, 0.5) is 10.5 Å². The Bertz CT molecular complexity index is 1360. The van der Waals surface area contributed by atoms with E-state index in [1.807, 2.05) is 30.3 Å². The molecule has 2 aliphatic heterocycles. The molecule has 1 unspecified atom stereocenters. The molecule has 1 N–H and O–H groups in total. The van der Waals surface area contributed by atoms with Crippen LogP contribution in [0.3, 0.4) is 0 Å². The largest absolute Gasteiger partial charge is 0.497 e. The van der Waals surface area contributed by atoms with Gasteiger partial charge in [0.15, 0.2) is 6.79 Å². The van der Waals surface area contributed by atoms with Crippen molar-refractivity contribution in [3.05, 3.63) is 75.3 Å². The molecule has 3 amide bonds. The zero-order chi connectivity index (χ0) is 24.0. The summed E-state index contributed by atoms with van der Waals surface area (Å²) in [5.41, 5.74) is 0.0242.